The summed E-state index contributed by atoms with van der Waals surface area (Å²) in [6.07, 6.45) is -7.31. The number of halogens is 7. The number of rotatable bonds is 6. The minimum atomic E-state index is -4.95. The summed E-state index contributed by atoms with van der Waals surface area (Å²) in [5.41, 5.74) is 1.87. The lowest BCUT2D eigenvalue weighted by molar-refractivity contribution is -0.137. The predicted molar refractivity (Wildman–Crippen MR) is 150 cm³/mol. The van der Waals surface area contributed by atoms with E-state index in [1.54, 1.807) is 0 Å². The van der Waals surface area contributed by atoms with E-state index in [4.69, 9.17) is 15.2 Å². The molecule has 0 aliphatic carbocycles. The molecule has 5 heterocycles. The molecule has 0 bridgehead atoms. The quantitative estimate of drug-likeness (QED) is 0.329. The Morgan fingerprint density at radius 1 is 1.16 bits per heavy atom. The van der Waals surface area contributed by atoms with E-state index in [1.165, 1.54) is 0 Å². The van der Waals surface area contributed by atoms with Crippen LogP contribution >= 0.6 is 0 Å². The largest absolute Gasteiger partial charge is 0.475 e. The van der Waals surface area contributed by atoms with Crippen molar-refractivity contribution in [1.29, 1.82) is 0 Å². The SMILES string of the molecule is CC.Cc1cc(N)nc(-c2nc3c4c(nc(OC[C@@H]5CCCNCC(F)C5)nc4c2F)N(CC(F)F)CCO3)c1C(F)(F)F. The standard InChI is InChI=1S/C26H28F7N7O2.C2H6/c1-12-7-16(34)36-21(18(12)26(31,32)33)22-19(30)20-17-23(40(10-15(28)29)5-6-41-24(17)37-22)39-25(38-20)42-11-13-3-2-4-35-9-14(27)8-13;1-2/h7,13-15,35H,2-6,8-11H2,1H3,(H2,34,36);1-2H3/t13-,14?;/m1./s1. The molecule has 44 heavy (non-hydrogen) atoms. The van der Waals surface area contributed by atoms with Crippen molar-refractivity contribution in [2.24, 2.45) is 5.92 Å². The van der Waals surface area contributed by atoms with Crippen LogP contribution in [0.2, 0.25) is 0 Å². The Morgan fingerprint density at radius 3 is 2.61 bits per heavy atom. The van der Waals surface area contributed by atoms with E-state index in [2.05, 4.69) is 25.3 Å². The van der Waals surface area contributed by atoms with Crippen molar-refractivity contribution >= 4 is 22.5 Å². The van der Waals surface area contributed by atoms with Crippen molar-refractivity contribution in [2.45, 2.75) is 58.8 Å². The number of alkyl halides is 6. The van der Waals surface area contributed by atoms with Gasteiger partial charge in [0.15, 0.2) is 5.82 Å². The Bertz CT molecular complexity index is 1460. The third-order valence-electron chi connectivity index (χ3n) is 7.08. The smallest absolute Gasteiger partial charge is 0.418 e. The van der Waals surface area contributed by atoms with Crippen LogP contribution < -0.4 is 25.4 Å². The lowest BCUT2D eigenvalue weighted by Crippen LogP contribution is -2.33. The molecule has 1 fully saturated rings. The van der Waals surface area contributed by atoms with Crippen molar-refractivity contribution in [3.63, 3.8) is 0 Å². The summed E-state index contributed by atoms with van der Waals surface area (Å²) in [5.74, 6) is -2.40. The van der Waals surface area contributed by atoms with Gasteiger partial charge in [0.25, 0.3) is 6.43 Å². The summed E-state index contributed by atoms with van der Waals surface area (Å²) in [6.45, 7) is 4.79. The number of hydrogen-bond donors (Lipinski definition) is 2. The Kier molecular flexibility index (Phi) is 10.5. The molecule has 9 nitrogen and oxygen atoms in total. The maximum atomic E-state index is 16.2. The zero-order valence-corrected chi connectivity index (χ0v) is 24.4. The average molecular weight is 634 g/mol. The van der Waals surface area contributed by atoms with Gasteiger partial charge in [-0.05, 0) is 50.3 Å². The fourth-order valence-electron chi connectivity index (χ4n) is 5.27. The van der Waals surface area contributed by atoms with Crippen LogP contribution in [0.25, 0.3) is 22.3 Å². The molecule has 1 unspecified atom stereocenters. The Hall–Kier alpha value is -3.69. The number of nitrogens with zero attached hydrogens (tertiary/aromatic N) is 5. The Balaban J connectivity index is 0.00000216. The highest BCUT2D eigenvalue weighted by molar-refractivity contribution is 5.97. The molecule has 3 aromatic rings. The molecule has 0 spiro atoms. The fraction of sp³-hybridized carbons (Fsp3) is 0.571. The number of hydrogen-bond acceptors (Lipinski definition) is 9. The number of nitrogen functional groups attached to an aromatic ring is 1. The first-order chi connectivity index (χ1) is 20.9. The van der Waals surface area contributed by atoms with Crippen LogP contribution in [0.1, 0.15) is 44.2 Å². The third-order valence-corrected chi connectivity index (χ3v) is 7.08. The molecule has 0 amide bonds. The first-order valence-corrected chi connectivity index (χ1v) is 14.3. The number of nitrogens with one attached hydrogen (secondary N) is 1. The van der Waals surface area contributed by atoms with Crippen molar-refractivity contribution in [3.05, 3.63) is 23.0 Å². The molecule has 2 atom stereocenters. The molecule has 2 aliphatic rings. The molecule has 5 rings (SSSR count). The second kappa shape index (κ2) is 13.9. The van der Waals surface area contributed by atoms with Gasteiger partial charge in [-0.25, -0.2) is 27.5 Å². The predicted octanol–water partition coefficient (Wildman–Crippen LogP) is 5.73. The van der Waals surface area contributed by atoms with E-state index in [0.717, 1.165) is 24.3 Å². The summed E-state index contributed by atoms with van der Waals surface area (Å²) in [5, 5.41) is 2.79. The summed E-state index contributed by atoms with van der Waals surface area (Å²) in [4.78, 5) is 17.3. The molecular weight excluding hydrogens is 599 g/mol. The monoisotopic (exact) mass is 633 g/mol. The first kappa shape index (κ1) is 33.2. The summed E-state index contributed by atoms with van der Waals surface area (Å²) in [7, 11) is 0. The number of ether oxygens (including phenoxy) is 2. The molecule has 3 aromatic heterocycles. The van der Waals surface area contributed by atoms with Crippen LogP contribution in [0.5, 0.6) is 11.9 Å². The van der Waals surface area contributed by atoms with E-state index in [-0.39, 0.29) is 67.1 Å². The molecule has 1 saturated heterocycles. The van der Waals surface area contributed by atoms with E-state index in [1.807, 2.05) is 13.8 Å². The molecule has 3 N–H and O–H groups in total. The van der Waals surface area contributed by atoms with Gasteiger partial charge in [-0.15, -0.1) is 0 Å². The zero-order chi connectivity index (χ0) is 32.2. The van der Waals surface area contributed by atoms with Crippen LogP contribution in [0, 0.1) is 18.7 Å². The molecule has 0 saturated carbocycles. The van der Waals surface area contributed by atoms with Crippen molar-refractivity contribution in [3.8, 4) is 23.3 Å². The van der Waals surface area contributed by atoms with Gasteiger partial charge < -0.3 is 25.4 Å². The van der Waals surface area contributed by atoms with Gasteiger partial charge in [0, 0.05) is 6.54 Å². The molecule has 0 radical (unpaired) electrons. The van der Waals surface area contributed by atoms with Gasteiger partial charge in [0.1, 0.15) is 46.7 Å². The van der Waals surface area contributed by atoms with Crippen molar-refractivity contribution < 1.29 is 40.2 Å². The average Bonchev–Trinajstić information content (AvgIpc) is 3.10. The third kappa shape index (κ3) is 7.33. The molecule has 2 aliphatic heterocycles. The number of aryl methyl sites for hydroxylation is 1. The highest BCUT2D eigenvalue weighted by Gasteiger charge is 2.39. The van der Waals surface area contributed by atoms with Gasteiger partial charge in [-0.1, -0.05) is 13.8 Å². The minimum Gasteiger partial charge on any atom is -0.475 e. The molecule has 16 heteroatoms. The van der Waals surface area contributed by atoms with Crippen LogP contribution in [-0.4, -0.2) is 71.9 Å². The maximum absolute atomic E-state index is 16.2. The lowest BCUT2D eigenvalue weighted by atomic mass is 9.96. The number of nitrogens with two attached hydrogens (primary N) is 1. The van der Waals surface area contributed by atoms with Crippen molar-refractivity contribution in [2.75, 3.05) is 50.0 Å². The van der Waals surface area contributed by atoms with E-state index in [9.17, 15) is 26.3 Å². The maximum Gasteiger partial charge on any atom is 0.418 e. The second-order valence-electron chi connectivity index (χ2n) is 10.3. The van der Waals surface area contributed by atoms with Gasteiger partial charge in [0.05, 0.1) is 25.3 Å². The van der Waals surface area contributed by atoms with Gasteiger partial charge >= 0.3 is 12.2 Å². The van der Waals surface area contributed by atoms with Crippen LogP contribution in [0.4, 0.5) is 42.4 Å². The van der Waals surface area contributed by atoms with E-state index >= 15 is 4.39 Å². The molecular formula is C28H34F7N7O2. The summed E-state index contributed by atoms with van der Waals surface area (Å²) >= 11 is 0. The highest BCUT2D eigenvalue weighted by atomic mass is 19.4. The van der Waals surface area contributed by atoms with Crippen LogP contribution in [0.3, 0.4) is 0 Å². The minimum absolute atomic E-state index is 0.0443. The van der Waals surface area contributed by atoms with E-state index < -0.39 is 59.6 Å². The highest BCUT2D eigenvalue weighted by Crippen LogP contribution is 2.43. The zero-order valence-electron chi connectivity index (χ0n) is 24.4. The van der Waals surface area contributed by atoms with E-state index in [0.29, 0.717) is 13.0 Å². The topological polar surface area (TPSA) is 111 Å². The van der Waals surface area contributed by atoms with Gasteiger partial charge in [0.2, 0.25) is 5.88 Å². The lowest BCUT2D eigenvalue weighted by Gasteiger charge is -2.24. The number of aromatic nitrogens is 4. The summed E-state index contributed by atoms with van der Waals surface area (Å²) < 4.78 is 111. The second-order valence-corrected chi connectivity index (χ2v) is 10.3. The first-order valence-electron chi connectivity index (χ1n) is 14.3. The molecule has 242 valence electrons. The Morgan fingerprint density at radius 2 is 1.91 bits per heavy atom. The fourth-order valence-corrected chi connectivity index (χ4v) is 5.27. The van der Waals surface area contributed by atoms with Gasteiger partial charge in [-0.3, -0.25) is 0 Å². The Labute approximate surface area is 249 Å². The summed E-state index contributed by atoms with van der Waals surface area (Å²) in [6, 6.07) is 0.586. The number of anilines is 2. The van der Waals surface area contributed by atoms with Crippen LogP contribution in [0.15, 0.2) is 6.07 Å². The normalized spacial score (nSPS) is 19.0. The molecule has 0 aromatic carbocycles. The van der Waals surface area contributed by atoms with Crippen molar-refractivity contribution in [1.82, 2.24) is 25.3 Å². The number of pyridine rings is 2. The van der Waals surface area contributed by atoms with Crippen LogP contribution in [-0.2, 0) is 6.18 Å². The van der Waals surface area contributed by atoms with Gasteiger partial charge in [-0.2, -0.15) is 23.1 Å².